The van der Waals surface area contributed by atoms with Gasteiger partial charge in [-0.1, -0.05) is 135 Å². The molecular weight excluding hydrogens is 1070 g/mol. The van der Waals surface area contributed by atoms with Gasteiger partial charge in [-0.15, -0.1) is 0 Å². The minimum absolute atomic E-state index is 0.133. The molecule has 0 N–H and O–H groups in total. The molecule has 7 nitrogen and oxygen atoms in total. The maximum atomic E-state index is 11.6. The van der Waals surface area contributed by atoms with E-state index in [2.05, 4.69) is 179 Å². The van der Waals surface area contributed by atoms with Crippen molar-refractivity contribution in [2.75, 3.05) is 13.2 Å². The molecule has 0 spiro atoms. The Bertz CT molecular complexity index is 2000. The van der Waals surface area contributed by atoms with E-state index in [1.165, 1.54) is 93.6 Å². The molecule has 2 heterocycles. The van der Waals surface area contributed by atoms with Gasteiger partial charge in [0, 0.05) is 5.92 Å². The zero-order valence-electron chi connectivity index (χ0n) is 47.2. The summed E-state index contributed by atoms with van der Waals surface area (Å²) in [6.45, 7) is 39.6. The lowest BCUT2D eigenvalue weighted by Gasteiger charge is -2.44. The Morgan fingerprint density at radius 3 is 1.38 bits per heavy atom. The van der Waals surface area contributed by atoms with Gasteiger partial charge in [0.25, 0.3) is 0 Å². The summed E-state index contributed by atoms with van der Waals surface area (Å²) in [6.07, 6.45) is 27.0. The van der Waals surface area contributed by atoms with Crippen LogP contribution in [0.25, 0.3) is 0 Å². The predicted octanol–water partition coefficient (Wildman–Crippen LogP) is 16.0. The molecule has 8 rings (SSSR count). The Balaban J connectivity index is 0.000000247. The van der Waals surface area contributed by atoms with Crippen molar-refractivity contribution < 1.29 is 31.5 Å². The van der Waals surface area contributed by atoms with Gasteiger partial charge in [-0.05, 0) is 205 Å². The van der Waals surface area contributed by atoms with Crippen LogP contribution in [0.15, 0.2) is 55.7 Å². The fourth-order valence-electron chi connectivity index (χ4n) is 14.8. The highest BCUT2D eigenvalue weighted by Crippen LogP contribution is 2.61. The molecule has 402 valence electrons. The number of hydrogen-bond acceptors (Lipinski definition) is 9. The van der Waals surface area contributed by atoms with E-state index in [0.29, 0.717) is 35.0 Å². The van der Waals surface area contributed by atoms with Crippen LogP contribution in [0.4, 0.5) is 0 Å². The van der Waals surface area contributed by atoms with Gasteiger partial charge in [-0.2, -0.15) is 8.42 Å². The molecule has 2 aliphatic heterocycles. The summed E-state index contributed by atoms with van der Waals surface area (Å²) in [6, 6.07) is 0. The first-order valence-electron chi connectivity index (χ1n) is 27.7. The Labute approximate surface area is 459 Å². The van der Waals surface area contributed by atoms with Crippen molar-refractivity contribution in [1.29, 1.82) is 0 Å². The number of halogens is 1. The number of hydrogen-bond donors (Lipinski definition) is 0. The third-order valence-electron chi connectivity index (χ3n) is 20.6. The van der Waals surface area contributed by atoms with Gasteiger partial charge in [0.05, 0.1) is 37.6 Å². The van der Waals surface area contributed by atoms with Gasteiger partial charge in [0.1, 0.15) is 6.29 Å². The molecule has 14 atom stereocenters. The first-order chi connectivity index (χ1) is 33.2. The van der Waals surface area contributed by atoms with E-state index >= 15 is 0 Å². The van der Waals surface area contributed by atoms with Crippen LogP contribution in [0, 0.1) is 58.2 Å². The molecular formula is C59H97IO7S2Si2. The fourth-order valence-corrected chi connectivity index (χ4v) is 18.0. The molecule has 6 aliphatic carbocycles. The number of aldehydes is 1. The second-order valence-corrected chi connectivity index (χ2v) is 37.5. The van der Waals surface area contributed by atoms with Gasteiger partial charge in [0.2, 0.25) is 0 Å². The highest BCUT2D eigenvalue weighted by molar-refractivity contribution is 14.1. The number of carbonyl (C=O) groups is 1. The molecule has 0 bridgehead atoms. The lowest BCUT2D eigenvalue weighted by molar-refractivity contribution is -0.113. The molecule has 2 unspecified atom stereocenters. The summed E-state index contributed by atoms with van der Waals surface area (Å²) in [5, 5.41) is 0.462. The second-order valence-electron chi connectivity index (χ2n) is 27.2. The molecule has 0 saturated heterocycles. The molecule has 4 fully saturated rings. The van der Waals surface area contributed by atoms with Gasteiger partial charge in [0.15, 0.2) is 41.7 Å². The summed E-state index contributed by atoms with van der Waals surface area (Å²) in [7, 11) is -3.64. The third kappa shape index (κ3) is 13.2. The second kappa shape index (κ2) is 24.8. The van der Waals surface area contributed by atoms with E-state index < -0.39 is 16.6 Å². The average molecular weight is 1170 g/mol. The van der Waals surface area contributed by atoms with Crippen LogP contribution in [-0.4, -0.2) is 69.0 Å². The molecule has 71 heavy (non-hydrogen) atoms. The third-order valence-corrected chi connectivity index (χ3v) is 30.0. The van der Waals surface area contributed by atoms with Crippen molar-refractivity contribution in [1.82, 2.24) is 0 Å². The molecule has 0 radical (unpaired) electrons. The van der Waals surface area contributed by atoms with Crippen LogP contribution in [-0.2, 0) is 48.2 Å². The van der Waals surface area contributed by atoms with Gasteiger partial charge >= 0.3 is 0 Å². The van der Waals surface area contributed by atoms with E-state index in [9.17, 15) is 4.79 Å². The maximum Gasteiger partial charge on any atom is 0.197 e. The fraction of sp³-hybridized carbons (Fsp3) is 0.814. The summed E-state index contributed by atoms with van der Waals surface area (Å²) in [5.74, 6) is 4.85. The van der Waals surface area contributed by atoms with Crippen LogP contribution in [0.3, 0.4) is 0 Å². The highest BCUT2D eigenvalue weighted by atomic mass is 127. The smallest absolute Gasteiger partial charge is 0.197 e. The van der Waals surface area contributed by atoms with Crippen LogP contribution >= 0.6 is 22.6 Å². The topological polar surface area (TPSA) is 88.1 Å². The number of ether oxygens (including phenoxy) is 2. The normalized spacial score (nSPS) is 37.2. The molecule has 0 aromatic rings. The number of carbonyl (C=O) groups excluding carboxylic acids is 1. The Morgan fingerprint density at radius 2 is 1.03 bits per heavy atom. The van der Waals surface area contributed by atoms with E-state index in [1.54, 1.807) is 16.7 Å². The molecule has 0 amide bonds. The minimum atomic E-state index is -1.83. The molecule has 4 saturated carbocycles. The van der Waals surface area contributed by atoms with Crippen molar-refractivity contribution in [3.05, 3.63) is 55.7 Å². The minimum Gasteiger partial charge on any atom is -0.410 e. The number of allylic oxidation sites excluding steroid dienone is 3. The summed E-state index contributed by atoms with van der Waals surface area (Å²) < 4.78 is 44.9. The van der Waals surface area contributed by atoms with E-state index in [1.807, 2.05) is 0 Å². The number of rotatable bonds is 10. The maximum absolute atomic E-state index is 11.6. The van der Waals surface area contributed by atoms with Gasteiger partial charge in [-0.25, -0.2) is 0 Å². The molecule has 0 aromatic carbocycles. The molecule has 0 aromatic heterocycles. The number of fused-ring (bicyclic) bond motifs is 2. The zero-order chi connectivity index (χ0) is 53.1. The van der Waals surface area contributed by atoms with Crippen LogP contribution in [0.2, 0.25) is 36.3 Å². The predicted molar refractivity (Wildman–Crippen MR) is 311 cm³/mol. The van der Waals surface area contributed by atoms with E-state index in [-0.39, 0.29) is 45.8 Å². The van der Waals surface area contributed by atoms with Gasteiger partial charge < -0.3 is 23.1 Å². The SMILES string of the molecule is C[C@@H]1CC2=C(COC2/C=C2\CCC[C@]3(C)[C@@H]([C@H](C)/C=C/I)CC[C@@H]23)[C@@H](O[Si](C)(C)C(C)(C)C)C1.C[C@@H]1CC2=C(COC2/C=C2\CCC[C@]3(C)[C@@H]([C@H](C)C=O)CC[C@@H]23)[C@@H](O[Si](C)(C)C(C)(C)C)C1.O=S.O=S. The van der Waals surface area contributed by atoms with Gasteiger partial charge in [-0.3, -0.25) is 0 Å². The summed E-state index contributed by atoms with van der Waals surface area (Å²) >= 11 is 8.06. The van der Waals surface area contributed by atoms with Crippen molar-refractivity contribution in [3.63, 3.8) is 0 Å². The Hall–Kier alpha value is -0.586. The summed E-state index contributed by atoms with van der Waals surface area (Å²) in [4.78, 5) is 11.6. The molecule has 8 aliphatic rings. The quantitative estimate of drug-likeness (QED) is 0.0918. The summed E-state index contributed by atoms with van der Waals surface area (Å²) in [5.41, 5.74) is 10.1. The van der Waals surface area contributed by atoms with Crippen LogP contribution < -0.4 is 0 Å². The first kappa shape index (κ1) is 61.3. The first-order valence-corrected chi connectivity index (χ1v) is 35.5. The Kier molecular flexibility index (Phi) is 21.4. The van der Waals surface area contributed by atoms with Crippen molar-refractivity contribution in [2.45, 2.75) is 234 Å². The monoisotopic (exact) mass is 1160 g/mol. The van der Waals surface area contributed by atoms with Crippen LogP contribution in [0.5, 0.6) is 0 Å². The Morgan fingerprint density at radius 1 is 0.648 bits per heavy atom. The lowest BCUT2D eigenvalue weighted by atomic mass is 9.61. The van der Waals surface area contributed by atoms with E-state index in [0.717, 1.165) is 44.3 Å². The van der Waals surface area contributed by atoms with Crippen molar-refractivity contribution in [3.8, 4) is 0 Å². The van der Waals surface area contributed by atoms with Crippen LogP contribution in [0.1, 0.15) is 173 Å². The highest BCUT2D eigenvalue weighted by Gasteiger charge is 2.53. The largest absolute Gasteiger partial charge is 0.410 e. The van der Waals surface area contributed by atoms with E-state index in [4.69, 9.17) is 26.7 Å². The van der Waals surface area contributed by atoms with Crippen molar-refractivity contribution >= 4 is 70.6 Å². The average Bonchev–Trinajstić information content (AvgIpc) is 4.07. The lowest BCUT2D eigenvalue weighted by Crippen LogP contribution is -2.45. The van der Waals surface area contributed by atoms with Crippen molar-refractivity contribution in [2.24, 2.45) is 58.2 Å². The molecule has 12 heteroatoms. The standard InChI is InChI=1S/C30H49IO2Si.C29H48O3Si.2OS/c1-20-16-23-24(28(17-20)33-34(7,8)29(3,4)5)19-32-27(23)18-22-10-9-14-30(6)25(11-12-26(22)30)21(2)13-15-31;1-19-14-22-23(27(15-19)32-33(7,8)28(3,4)5)18-31-26(22)16-21-10-9-13-29(6)24(20(2)17-30)11-12-25(21)29;2*1-2/h13,15,18,20-21,25-28H,9-12,14,16-17,19H2,1-8H3;16-17,19-20,24-27H,9-15,18H2,1-8H3;;/b15-13+,22-18+;21-16+;;/t20-,21-,25-,26+,27?,28+,30-;19-,20-,24-,25+,26?,27+,29-;;/m11../s1. The zero-order valence-corrected chi connectivity index (χ0v) is 53.0.